The average Bonchev–Trinajstić information content (AvgIpc) is 3.09. The number of aromatic amines is 1. The molecule has 2 aromatic heterocycles. The summed E-state index contributed by atoms with van der Waals surface area (Å²) in [5.41, 5.74) is 0.805. The van der Waals surface area contributed by atoms with Gasteiger partial charge in [0.15, 0.2) is 12.4 Å². The third-order valence-corrected chi connectivity index (χ3v) is 4.01. The SMILES string of the molecule is O=C(COC(=O)c1cc(=O)[nH]c2ccccc12)c1cc2ccccc2o1. The molecule has 0 unspecified atom stereocenters. The molecule has 0 saturated heterocycles. The molecule has 6 nitrogen and oxygen atoms in total. The van der Waals surface area contributed by atoms with E-state index >= 15 is 0 Å². The molecule has 0 spiro atoms. The Hall–Kier alpha value is -3.67. The second-order valence-corrected chi connectivity index (χ2v) is 5.74. The Bertz CT molecular complexity index is 1170. The van der Waals surface area contributed by atoms with Crippen LogP contribution in [0.3, 0.4) is 0 Å². The van der Waals surface area contributed by atoms with Crippen LogP contribution in [0.25, 0.3) is 21.9 Å². The number of benzene rings is 2. The first kappa shape index (κ1) is 15.8. The van der Waals surface area contributed by atoms with E-state index in [0.717, 1.165) is 11.5 Å². The van der Waals surface area contributed by atoms with Gasteiger partial charge in [-0.05, 0) is 18.2 Å². The Morgan fingerprint density at radius 1 is 1.00 bits per heavy atom. The maximum absolute atomic E-state index is 12.4. The first-order valence-electron chi connectivity index (χ1n) is 7.93. The van der Waals surface area contributed by atoms with Crippen molar-refractivity contribution in [2.45, 2.75) is 0 Å². The van der Waals surface area contributed by atoms with Crippen molar-refractivity contribution in [3.05, 3.63) is 82.3 Å². The van der Waals surface area contributed by atoms with Gasteiger partial charge in [0.25, 0.3) is 0 Å². The third kappa shape index (κ3) is 2.88. The lowest BCUT2D eigenvalue weighted by molar-refractivity contribution is 0.0470. The van der Waals surface area contributed by atoms with Gasteiger partial charge < -0.3 is 14.1 Å². The number of esters is 1. The van der Waals surface area contributed by atoms with Crippen molar-refractivity contribution in [3.63, 3.8) is 0 Å². The first-order chi connectivity index (χ1) is 12.6. The number of carbonyl (C=O) groups is 2. The van der Waals surface area contributed by atoms with Gasteiger partial charge in [-0.3, -0.25) is 9.59 Å². The van der Waals surface area contributed by atoms with Gasteiger partial charge in [-0.25, -0.2) is 4.79 Å². The molecule has 0 aliphatic carbocycles. The number of H-pyrrole nitrogens is 1. The Morgan fingerprint density at radius 3 is 2.62 bits per heavy atom. The summed E-state index contributed by atoms with van der Waals surface area (Å²) >= 11 is 0. The number of ether oxygens (including phenoxy) is 1. The Kier molecular flexibility index (Phi) is 3.85. The second kappa shape index (κ2) is 6.33. The molecule has 0 saturated carbocycles. The molecule has 0 atom stereocenters. The molecule has 0 aliphatic rings. The molecule has 6 heteroatoms. The van der Waals surface area contributed by atoms with Gasteiger partial charge in [0, 0.05) is 22.4 Å². The number of aromatic nitrogens is 1. The van der Waals surface area contributed by atoms with Crippen LogP contribution in [0.15, 0.2) is 69.9 Å². The highest BCUT2D eigenvalue weighted by Gasteiger charge is 2.17. The van der Waals surface area contributed by atoms with Crippen LogP contribution in [0.5, 0.6) is 0 Å². The number of fused-ring (bicyclic) bond motifs is 2. The molecule has 0 radical (unpaired) electrons. The number of furan rings is 1. The normalized spacial score (nSPS) is 10.9. The van der Waals surface area contributed by atoms with Gasteiger partial charge >= 0.3 is 5.97 Å². The van der Waals surface area contributed by atoms with E-state index in [2.05, 4.69) is 4.98 Å². The highest BCUT2D eigenvalue weighted by molar-refractivity contribution is 6.05. The van der Waals surface area contributed by atoms with Gasteiger partial charge in [0.1, 0.15) is 5.58 Å². The number of Topliss-reactive ketones (excluding diaryl/α,β-unsaturated/α-hetero) is 1. The van der Waals surface area contributed by atoms with Crippen LogP contribution in [0.1, 0.15) is 20.9 Å². The molecule has 4 aromatic rings. The topological polar surface area (TPSA) is 89.4 Å². The molecule has 1 N–H and O–H groups in total. The molecule has 4 rings (SSSR count). The lowest BCUT2D eigenvalue weighted by atomic mass is 10.1. The standard InChI is InChI=1S/C20H13NO5/c22-16(18-9-12-5-1-4-8-17(12)26-18)11-25-20(24)14-10-19(23)21-15-7-3-2-6-13(14)15/h1-10H,11H2,(H,21,23). The number of rotatable bonds is 4. The van der Waals surface area contributed by atoms with Crippen LogP contribution in [0.4, 0.5) is 0 Å². The minimum atomic E-state index is -0.739. The molecule has 0 aliphatic heterocycles. The first-order valence-corrected chi connectivity index (χ1v) is 7.93. The summed E-state index contributed by atoms with van der Waals surface area (Å²) in [4.78, 5) is 39.0. The number of para-hydroxylation sites is 2. The Balaban J connectivity index is 1.55. The van der Waals surface area contributed by atoms with Crippen molar-refractivity contribution in [1.82, 2.24) is 4.98 Å². The maximum atomic E-state index is 12.4. The molecule has 128 valence electrons. The summed E-state index contributed by atoms with van der Waals surface area (Å²) < 4.78 is 10.6. The number of nitrogens with one attached hydrogen (secondary N) is 1. The van der Waals surface area contributed by atoms with E-state index in [1.54, 1.807) is 42.5 Å². The van der Waals surface area contributed by atoms with Crippen LogP contribution in [0, 0.1) is 0 Å². The van der Waals surface area contributed by atoms with Gasteiger partial charge in [0.05, 0.1) is 5.56 Å². The average molecular weight is 347 g/mol. The van der Waals surface area contributed by atoms with Crippen molar-refractivity contribution in [3.8, 4) is 0 Å². The van der Waals surface area contributed by atoms with E-state index in [0.29, 0.717) is 16.5 Å². The number of pyridine rings is 1. The molecule has 0 fully saturated rings. The van der Waals surface area contributed by atoms with Crippen LogP contribution in [-0.4, -0.2) is 23.3 Å². The molecule has 26 heavy (non-hydrogen) atoms. The number of ketones is 1. The fourth-order valence-corrected chi connectivity index (χ4v) is 2.77. The van der Waals surface area contributed by atoms with E-state index in [1.807, 2.05) is 12.1 Å². The van der Waals surface area contributed by atoms with Gasteiger partial charge in [-0.1, -0.05) is 36.4 Å². The van der Waals surface area contributed by atoms with Gasteiger partial charge in [-0.15, -0.1) is 0 Å². The summed E-state index contributed by atoms with van der Waals surface area (Å²) in [7, 11) is 0. The number of carbonyl (C=O) groups excluding carboxylic acids is 2. The zero-order valence-electron chi connectivity index (χ0n) is 13.5. The zero-order chi connectivity index (χ0) is 18.1. The number of hydrogen-bond acceptors (Lipinski definition) is 5. The minimum Gasteiger partial charge on any atom is -0.454 e. The van der Waals surface area contributed by atoms with Gasteiger partial charge in [-0.2, -0.15) is 0 Å². The van der Waals surface area contributed by atoms with E-state index in [-0.39, 0.29) is 11.3 Å². The monoisotopic (exact) mass is 347 g/mol. The molecule has 0 bridgehead atoms. The van der Waals surface area contributed by atoms with Crippen LogP contribution < -0.4 is 5.56 Å². The fraction of sp³-hybridized carbons (Fsp3) is 0.0500. The second-order valence-electron chi connectivity index (χ2n) is 5.74. The van der Waals surface area contributed by atoms with E-state index in [4.69, 9.17) is 9.15 Å². The fourth-order valence-electron chi connectivity index (χ4n) is 2.77. The largest absolute Gasteiger partial charge is 0.454 e. The lowest BCUT2D eigenvalue weighted by Gasteiger charge is -2.06. The minimum absolute atomic E-state index is 0.113. The van der Waals surface area contributed by atoms with Crippen molar-refractivity contribution < 1.29 is 18.7 Å². The lowest BCUT2D eigenvalue weighted by Crippen LogP contribution is -2.16. The maximum Gasteiger partial charge on any atom is 0.339 e. The summed E-state index contributed by atoms with van der Waals surface area (Å²) in [5.74, 6) is -1.07. The van der Waals surface area contributed by atoms with Crippen molar-refractivity contribution in [2.24, 2.45) is 0 Å². The van der Waals surface area contributed by atoms with Crippen molar-refractivity contribution in [1.29, 1.82) is 0 Å². The summed E-state index contributed by atoms with van der Waals surface area (Å²) in [6.45, 7) is -0.472. The summed E-state index contributed by atoms with van der Waals surface area (Å²) in [5, 5.41) is 1.34. The van der Waals surface area contributed by atoms with Gasteiger partial charge in [0.2, 0.25) is 11.3 Å². The Labute approximate surface area is 147 Å². The van der Waals surface area contributed by atoms with E-state index < -0.39 is 23.9 Å². The zero-order valence-corrected chi connectivity index (χ0v) is 13.5. The molecule has 0 amide bonds. The van der Waals surface area contributed by atoms with E-state index in [9.17, 15) is 14.4 Å². The molecule has 2 aromatic carbocycles. The number of hydrogen-bond donors (Lipinski definition) is 1. The van der Waals surface area contributed by atoms with Crippen LogP contribution in [0.2, 0.25) is 0 Å². The summed E-state index contributed by atoms with van der Waals surface area (Å²) in [6.07, 6.45) is 0. The van der Waals surface area contributed by atoms with Crippen LogP contribution >= 0.6 is 0 Å². The highest BCUT2D eigenvalue weighted by Crippen LogP contribution is 2.20. The van der Waals surface area contributed by atoms with Crippen LogP contribution in [-0.2, 0) is 4.74 Å². The quantitative estimate of drug-likeness (QED) is 0.452. The van der Waals surface area contributed by atoms with E-state index in [1.165, 1.54) is 0 Å². The van der Waals surface area contributed by atoms with Crippen molar-refractivity contribution >= 4 is 33.6 Å². The molecular formula is C20H13NO5. The molecular weight excluding hydrogens is 334 g/mol. The Morgan fingerprint density at radius 2 is 1.77 bits per heavy atom. The highest BCUT2D eigenvalue weighted by atomic mass is 16.5. The summed E-state index contributed by atoms with van der Waals surface area (Å²) in [6, 6.07) is 16.9. The van der Waals surface area contributed by atoms with Crippen molar-refractivity contribution in [2.75, 3.05) is 6.61 Å². The predicted octanol–water partition coefficient (Wildman–Crippen LogP) is 3.31. The predicted molar refractivity (Wildman–Crippen MR) is 95.4 cm³/mol. The molecule has 2 heterocycles. The third-order valence-electron chi connectivity index (χ3n) is 4.01. The smallest absolute Gasteiger partial charge is 0.339 e.